The van der Waals surface area contributed by atoms with Gasteiger partial charge in [0.25, 0.3) is 8.25 Å². The zero-order valence-corrected chi connectivity index (χ0v) is 34.4. The summed E-state index contributed by atoms with van der Waals surface area (Å²) in [5.41, 5.74) is 0. The molecule has 0 fully saturated rings. The Morgan fingerprint density at radius 3 is 1.11 bits per heavy atom. The van der Waals surface area contributed by atoms with Crippen LogP contribution in [0.4, 0.5) is 0 Å². The van der Waals surface area contributed by atoms with Crippen molar-refractivity contribution in [2.45, 2.75) is 194 Å². The van der Waals surface area contributed by atoms with Gasteiger partial charge in [0, 0.05) is 6.16 Å². The van der Waals surface area contributed by atoms with Crippen LogP contribution in [0, 0.1) is 40.8 Å². The molecule has 0 aliphatic carbocycles. The molecule has 0 saturated heterocycles. The van der Waals surface area contributed by atoms with E-state index >= 15 is 0 Å². The first kappa shape index (κ1) is 50.4. The molecule has 0 aromatic carbocycles. The van der Waals surface area contributed by atoms with Crippen LogP contribution in [0.2, 0.25) is 0 Å². The molecule has 263 valence electrons. The molecular weight excluding hydrogens is 735 g/mol. The molecule has 0 rings (SSSR count). The standard InChI is InChI=1S/C36H71O3P.Nd.HO3P/c1-3-5-7-9-11-13-15-17-19-21-23-25-27-29-31-33-35-39-40(37,38)36-34-32-30-28-26-24-22-20-18-16-14-12-10-8-6-4-2;;1-4(2)3/h17-20H,3-16,21-36H2,1-2H3,(H,37,38);;(H,1,2,3)/q;+3;/p-2/b19-17-,20-18-;;. The number of unbranched alkanes of at least 4 members (excludes halogenated alkanes) is 24. The van der Waals surface area contributed by atoms with Crippen molar-refractivity contribution in [1.82, 2.24) is 0 Å². The summed E-state index contributed by atoms with van der Waals surface area (Å²) in [7, 11) is -7.01. The number of hydrogen-bond acceptors (Lipinski definition) is 6. The van der Waals surface area contributed by atoms with E-state index < -0.39 is 15.9 Å². The molecule has 0 spiro atoms. The summed E-state index contributed by atoms with van der Waals surface area (Å²) in [6, 6.07) is 0. The van der Waals surface area contributed by atoms with Gasteiger partial charge in [-0.05, 0) is 64.2 Å². The van der Waals surface area contributed by atoms with Crippen LogP contribution in [-0.2, 0) is 13.7 Å². The largest absolute Gasteiger partial charge is 3.00 e. The quantitative estimate of drug-likeness (QED) is 0.0371. The fourth-order valence-corrected chi connectivity index (χ4v) is 6.32. The van der Waals surface area contributed by atoms with Crippen molar-refractivity contribution in [2.24, 2.45) is 0 Å². The van der Waals surface area contributed by atoms with Crippen LogP contribution in [0.15, 0.2) is 24.3 Å². The van der Waals surface area contributed by atoms with Crippen LogP contribution in [0.25, 0.3) is 0 Å². The predicted octanol–water partition coefficient (Wildman–Crippen LogP) is 11.0. The fraction of sp³-hybridized carbons (Fsp3) is 0.889. The van der Waals surface area contributed by atoms with Gasteiger partial charge in [-0.15, -0.1) is 0 Å². The Morgan fingerprint density at radius 2 is 0.778 bits per heavy atom. The molecule has 1 atom stereocenters. The molecule has 45 heavy (non-hydrogen) atoms. The van der Waals surface area contributed by atoms with Crippen LogP contribution in [-0.4, -0.2) is 12.8 Å². The van der Waals surface area contributed by atoms with Crippen LogP contribution in [0.5, 0.6) is 0 Å². The Hall–Kier alpha value is 1.00. The van der Waals surface area contributed by atoms with E-state index in [2.05, 4.69) is 38.2 Å². The minimum absolute atomic E-state index is 0. The average molecular weight is 805 g/mol. The monoisotopic (exact) mass is 802 g/mol. The molecule has 1 radical (unpaired) electrons. The van der Waals surface area contributed by atoms with E-state index in [1.807, 2.05) is 0 Å². The van der Waals surface area contributed by atoms with Crippen molar-refractivity contribution in [3.05, 3.63) is 24.3 Å². The molecular formula is C36H70NdO6P2+. The molecule has 0 heterocycles. The summed E-state index contributed by atoms with van der Waals surface area (Å²) in [4.78, 5) is 29.1. The van der Waals surface area contributed by atoms with Crippen molar-refractivity contribution in [3.8, 4) is 0 Å². The average Bonchev–Trinajstić information content (AvgIpc) is 2.98. The summed E-state index contributed by atoms with van der Waals surface area (Å²) < 4.78 is 25.9. The van der Waals surface area contributed by atoms with Gasteiger partial charge in [0.1, 0.15) is 7.60 Å². The van der Waals surface area contributed by atoms with Gasteiger partial charge < -0.3 is 23.8 Å². The first-order valence-electron chi connectivity index (χ1n) is 18.4. The normalized spacial score (nSPS) is 12.6. The molecule has 0 N–H and O–H groups in total. The third-order valence-corrected chi connectivity index (χ3v) is 9.33. The third-order valence-electron chi connectivity index (χ3n) is 7.89. The van der Waals surface area contributed by atoms with E-state index in [-0.39, 0.29) is 47.0 Å². The molecule has 0 aliphatic rings. The van der Waals surface area contributed by atoms with Gasteiger partial charge in [-0.2, -0.15) is 0 Å². The van der Waals surface area contributed by atoms with Crippen LogP contribution in [0.1, 0.15) is 194 Å². The van der Waals surface area contributed by atoms with Crippen LogP contribution in [0.3, 0.4) is 0 Å². The smallest absolute Gasteiger partial charge is 0.778 e. The maximum Gasteiger partial charge on any atom is 3.00 e. The molecule has 9 heteroatoms. The van der Waals surface area contributed by atoms with Crippen LogP contribution < -0.4 is 14.7 Å². The second-order valence-electron chi connectivity index (χ2n) is 12.3. The summed E-state index contributed by atoms with van der Waals surface area (Å²) in [6.07, 6.45) is 44.5. The third kappa shape index (κ3) is 52.0. The molecule has 1 unspecified atom stereocenters. The first-order chi connectivity index (χ1) is 21.4. The predicted molar refractivity (Wildman–Crippen MR) is 185 cm³/mol. The Kier molecular flexibility index (Phi) is 48.2. The van der Waals surface area contributed by atoms with Crippen molar-refractivity contribution in [1.29, 1.82) is 0 Å². The van der Waals surface area contributed by atoms with E-state index in [1.165, 1.54) is 148 Å². The van der Waals surface area contributed by atoms with Crippen molar-refractivity contribution < 1.29 is 69.2 Å². The van der Waals surface area contributed by atoms with Crippen molar-refractivity contribution in [3.63, 3.8) is 0 Å². The van der Waals surface area contributed by atoms with Gasteiger partial charge in [-0.3, -0.25) is 0 Å². The van der Waals surface area contributed by atoms with Gasteiger partial charge in [-0.25, -0.2) is 0 Å². The molecule has 0 amide bonds. The Morgan fingerprint density at radius 1 is 0.511 bits per heavy atom. The fourth-order valence-electron chi connectivity index (χ4n) is 5.17. The van der Waals surface area contributed by atoms with Gasteiger partial charge in [-0.1, -0.05) is 158 Å². The van der Waals surface area contributed by atoms with Gasteiger partial charge in [0.05, 0.1) is 6.61 Å². The van der Waals surface area contributed by atoms with E-state index in [9.17, 15) is 9.46 Å². The van der Waals surface area contributed by atoms with E-state index in [4.69, 9.17) is 18.9 Å². The van der Waals surface area contributed by atoms with Crippen molar-refractivity contribution >= 4 is 15.9 Å². The Bertz CT molecular complexity index is 686. The summed E-state index contributed by atoms with van der Waals surface area (Å²) in [6.45, 7) is 4.91. The number of rotatable bonds is 33. The van der Waals surface area contributed by atoms with Crippen LogP contribution >= 0.6 is 15.9 Å². The second kappa shape index (κ2) is 43.0. The van der Waals surface area contributed by atoms with E-state index in [1.54, 1.807) is 0 Å². The summed E-state index contributed by atoms with van der Waals surface area (Å²) in [5, 5.41) is 0. The zero-order valence-electron chi connectivity index (χ0n) is 29.4. The molecule has 0 bridgehead atoms. The molecule has 0 aromatic heterocycles. The minimum atomic E-state index is -3.64. The summed E-state index contributed by atoms with van der Waals surface area (Å²) >= 11 is 0. The topological polar surface area (TPSA) is 113 Å². The van der Waals surface area contributed by atoms with Crippen molar-refractivity contribution in [2.75, 3.05) is 12.8 Å². The molecule has 0 saturated carbocycles. The van der Waals surface area contributed by atoms with E-state index in [0.29, 0.717) is 6.61 Å². The zero-order chi connectivity index (χ0) is 32.8. The van der Waals surface area contributed by atoms with Gasteiger partial charge in [0.15, 0.2) is 0 Å². The molecule has 0 aliphatic heterocycles. The molecule has 0 aromatic rings. The summed E-state index contributed by atoms with van der Waals surface area (Å²) in [5.74, 6) is 0. The minimum Gasteiger partial charge on any atom is -0.778 e. The Labute approximate surface area is 313 Å². The van der Waals surface area contributed by atoms with Gasteiger partial charge >= 0.3 is 40.8 Å². The number of allylic oxidation sites excluding steroid dienone is 4. The maximum absolute atomic E-state index is 12.1. The maximum atomic E-state index is 12.1. The number of hydrogen-bond donors (Lipinski definition) is 0. The molecule has 6 nitrogen and oxygen atoms in total. The Balaban J connectivity index is -0.00000331. The van der Waals surface area contributed by atoms with Gasteiger partial charge in [0.2, 0.25) is 0 Å². The first-order valence-corrected chi connectivity index (χ1v) is 21.2. The van der Waals surface area contributed by atoms with E-state index in [0.717, 1.165) is 32.1 Å². The second-order valence-corrected chi connectivity index (χ2v) is 14.6. The SMILES string of the molecule is CCCCCCCC/C=C\CCCCCCCCOP(=O)([O-])CCCCCCCC/C=C\CCCCCCCC.O=[P+]([O-])[O-].[Nd+3].